The van der Waals surface area contributed by atoms with E-state index in [9.17, 15) is 9.18 Å². The lowest BCUT2D eigenvalue weighted by Crippen LogP contribution is -2.39. The molecule has 11 heteroatoms. The summed E-state index contributed by atoms with van der Waals surface area (Å²) in [7, 11) is 1.60. The van der Waals surface area contributed by atoms with Crippen LogP contribution in [-0.2, 0) is 9.53 Å². The normalized spacial score (nSPS) is 14.0. The first kappa shape index (κ1) is 28.9. The van der Waals surface area contributed by atoms with Crippen LogP contribution < -0.4 is 9.64 Å². The van der Waals surface area contributed by atoms with Crippen molar-refractivity contribution in [3.05, 3.63) is 47.2 Å². The van der Waals surface area contributed by atoms with Gasteiger partial charge in [0, 0.05) is 37.5 Å². The molecule has 0 spiro atoms. The van der Waals surface area contributed by atoms with E-state index >= 15 is 0 Å². The average Bonchev–Trinajstić information content (AvgIpc) is 3.32. The Hall–Kier alpha value is -1.62. The van der Waals surface area contributed by atoms with E-state index in [-0.39, 0.29) is 24.1 Å². The first-order chi connectivity index (χ1) is 17.0. The first-order valence-corrected chi connectivity index (χ1v) is 13.8. The number of morpholine rings is 1. The Kier molecular flexibility index (Phi) is 11.5. The number of carbonyl (C=O) groups excluding carboxylic acids is 1. The van der Waals surface area contributed by atoms with Gasteiger partial charge >= 0.3 is 0 Å². The molecule has 1 aliphatic heterocycles. The van der Waals surface area contributed by atoms with Gasteiger partial charge in [-0.25, -0.2) is 9.37 Å². The molecule has 36 heavy (non-hydrogen) atoms. The molecule has 0 bridgehead atoms. The smallest absolute Gasteiger partial charge is 0.228 e. The molecule has 2 heterocycles. The number of thiazole rings is 1. The minimum atomic E-state index is -0.246. The van der Waals surface area contributed by atoms with Gasteiger partial charge in [-0.15, -0.1) is 24.2 Å². The number of thioether (sulfide) groups is 1. The highest BCUT2D eigenvalue weighted by molar-refractivity contribution is 7.99. The molecule has 0 atom stereocenters. The number of hydrogen-bond acceptors (Lipinski definition) is 7. The molecule has 196 valence electrons. The Balaban J connectivity index is 0.00000361. The molecule has 2 aromatic carbocycles. The molecule has 0 saturated carbocycles. The number of rotatable bonds is 11. The highest BCUT2D eigenvalue weighted by atomic mass is 35.5. The fraction of sp³-hybridized carbons (Fsp3) is 0.440. The first-order valence-electron chi connectivity index (χ1n) is 11.7. The van der Waals surface area contributed by atoms with E-state index in [1.807, 2.05) is 0 Å². The van der Waals surface area contributed by atoms with Crippen LogP contribution in [-0.4, -0.2) is 68.0 Å². The lowest BCUT2D eigenvalue weighted by Gasteiger charge is -2.27. The summed E-state index contributed by atoms with van der Waals surface area (Å²) >= 11 is 9.47. The maximum absolute atomic E-state index is 13.3. The van der Waals surface area contributed by atoms with Crippen LogP contribution >= 0.6 is 47.1 Å². The Morgan fingerprint density at radius 1 is 1.22 bits per heavy atom. The van der Waals surface area contributed by atoms with Gasteiger partial charge in [0.2, 0.25) is 5.91 Å². The van der Waals surface area contributed by atoms with Crippen LogP contribution in [0.25, 0.3) is 10.2 Å². The van der Waals surface area contributed by atoms with Crippen molar-refractivity contribution in [2.75, 3.05) is 57.2 Å². The average molecular weight is 575 g/mol. The minimum Gasteiger partial charge on any atom is -0.494 e. The van der Waals surface area contributed by atoms with Gasteiger partial charge in [0.15, 0.2) is 5.13 Å². The van der Waals surface area contributed by atoms with E-state index in [0.29, 0.717) is 34.4 Å². The number of hydrogen-bond donors (Lipinski definition) is 0. The van der Waals surface area contributed by atoms with Crippen molar-refractivity contribution in [2.45, 2.75) is 24.2 Å². The summed E-state index contributed by atoms with van der Waals surface area (Å²) in [5.74, 6) is 1.22. The van der Waals surface area contributed by atoms with Crippen LogP contribution in [0.3, 0.4) is 0 Å². The molecular formula is C25H30Cl2FN3O3S2. The number of methoxy groups -OCH3 is 1. The standard InChI is InChI=1S/C25H29ClFN3O3S2.ClH/c1-32-21-10-9-20(26)24-23(21)28-25(35-24)30(12-3-11-29-13-15-33-16-14-29)22(31)4-2-17-34-19-7-5-18(27)6-8-19;/h5-10H,2-4,11-17H2,1H3;1H. The Bertz CT molecular complexity index is 1130. The third-order valence-electron chi connectivity index (χ3n) is 5.78. The molecule has 0 unspecified atom stereocenters. The zero-order valence-electron chi connectivity index (χ0n) is 20.1. The molecule has 1 aromatic heterocycles. The van der Waals surface area contributed by atoms with Crippen LogP contribution in [0.15, 0.2) is 41.3 Å². The molecule has 0 radical (unpaired) electrons. The van der Waals surface area contributed by atoms with E-state index in [1.165, 1.54) is 23.5 Å². The maximum atomic E-state index is 13.3. The van der Waals surface area contributed by atoms with Crippen molar-refractivity contribution < 1.29 is 18.7 Å². The highest BCUT2D eigenvalue weighted by Gasteiger charge is 2.22. The van der Waals surface area contributed by atoms with Gasteiger partial charge in [0.1, 0.15) is 17.1 Å². The Morgan fingerprint density at radius 3 is 2.69 bits per heavy atom. The van der Waals surface area contributed by atoms with Gasteiger partial charge in [0.05, 0.1) is 30.0 Å². The largest absolute Gasteiger partial charge is 0.494 e. The molecule has 1 amide bonds. The molecule has 1 aliphatic rings. The fourth-order valence-corrected chi connectivity index (χ4v) is 6.06. The predicted octanol–water partition coefficient (Wildman–Crippen LogP) is 6.15. The number of halogens is 3. The fourth-order valence-electron chi connectivity index (χ4n) is 3.90. The summed E-state index contributed by atoms with van der Waals surface area (Å²) in [6.45, 7) is 4.84. The monoisotopic (exact) mass is 573 g/mol. The van der Waals surface area contributed by atoms with Gasteiger partial charge < -0.3 is 9.47 Å². The zero-order valence-corrected chi connectivity index (χ0v) is 23.3. The summed E-state index contributed by atoms with van der Waals surface area (Å²) in [6, 6.07) is 10.0. The second-order valence-corrected chi connectivity index (χ2v) is 10.7. The molecule has 6 nitrogen and oxygen atoms in total. The molecule has 1 saturated heterocycles. The summed E-state index contributed by atoms with van der Waals surface area (Å²) in [6.07, 6.45) is 1.97. The van der Waals surface area contributed by atoms with E-state index in [4.69, 9.17) is 26.1 Å². The van der Waals surface area contributed by atoms with Crippen molar-refractivity contribution in [2.24, 2.45) is 0 Å². The quantitative estimate of drug-likeness (QED) is 0.202. The lowest BCUT2D eigenvalue weighted by molar-refractivity contribution is -0.118. The van der Waals surface area contributed by atoms with Crippen molar-refractivity contribution in [1.29, 1.82) is 0 Å². The van der Waals surface area contributed by atoms with E-state index in [0.717, 1.165) is 61.0 Å². The third-order valence-corrected chi connectivity index (χ3v) is 8.41. The van der Waals surface area contributed by atoms with Crippen molar-refractivity contribution in [3.8, 4) is 5.75 Å². The molecule has 0 aliphatic carbocycles. The number of aromatic nitrogens is 1. The van der Waals surface area contributed by atoms with Gasteiger partial charge in [-0.05, 0) is 55.0 Å². The second-order valence-electron chi connectivity index (χ2n) is 8.18. The number of benzene rings is 2. The second kappa shape index (κ2) is 14.4. The number of amides is 1. The van der Waals surface area contributed by atoms with Crippen LogP contribution in [0, 0.1) is 5.82 Å². The van der Waals surface area contributed by atoms with E-state index < -0.39 is 0 Å². The van der Waals surface area contributed by atoms with Crippen molar-refractivity contribution in [1.82, 2.24) is 9.88 Å². The number of ether oxygens (including phenoxy) is 2. The minimum absolute atomic E-state index is 0. The van der Waals surface area contributed by atoms with Crippen LogP contribution in [0.1, 0.15) is 19.3 Å². The summed E-state index contributed by atoms with van der Waals surface area (Å²) in [5.41, 5.74) is 0.679. The molecule has 0 N–H and O–H groups in total. The topological polar surface area (TPSA) is 54.9 Å². The van der Waals surface area contributed by atoms with Crippen molar-refractivity contribution in [3.63, 3.8) is 0 Å². The number of anilines is 1. The van der Waals surface area contributed by atoms with Crippen LogP contribution in [0.4, 0.5) is 9.52 Å². The molecule has 3 aromatic rings. The van der Waals surface area contributed by atoms with Gasteiger partial charge in [-0.1, -0.05) is 22.9 Å². The van der Waals surface area contributed by atoms with E-state index in [1.54, 1.807) is 48.0 Å². The summed E-state index contributed by atoms with van der Waals surface area (Å²) in [4.78, 5) is 23.2. The highest BCUT2D eigenvalue weighted by Crippen LogP contribution is 2.39. The molecular weight excluding hydrogens is 544 g/mol. The number of carbonyl (C=O) groups is 1. The SMILES string of the molecule is COc1ccc(Cl)c2sc(N(CCCN3CCOCC3)C(=O)CCCSc3ccc(F)cc3)nc12.Cl. The number of nitrogens with zero attached hydrogens (tertiary/aromatic N) is 3. The molecule has 1 fully saturated rings. The Morgan fingerprint density at radius 2 is 1.97 bits per heavy atom. The van der Waals surface area contributed by atoms with Gasteiger partial charge in [-0.2, -0.15) is 0 Å². The van der Waals surface area contributed by atoms with Gasteiger partial charge in [0.25, 0.3) is 0 Å². The molecule has 4 rings (SSSR count). The predicted molar refractivity (Wildman–Crippen MR) is 149 cm³/mol. The van der Waals surface area contributed by atoms with Gasteiger partial charge in [-0.3, -0.25) is 14.6 Å². The summed E-state index contributed by atoms with van der Waals surface area (Å²) in [5, 5.41) is 1.24. The Labute approximate surface area is 230 Å². The van der Waals surface area contributed by atoms with Crippen LogP contribution in [0.2, 0.25) is 5.02 Å². The van der Waals surface area contributed by atoms with Crippen molar-refractivity contribution >= 4 is 68.4 Å². The zero-order chi connectivity index (χ0) is 24.6. The lowest BCUT2D eigenvalue weighted by atomic mass is 10.2. The summed E-state index contributed by atoms with van der Waals surface area (Å²) < 4.78 is 24.8. The third kappa shape index (κ3) is 7.69. The number of fused-ring (bicyclic) bond motifs is 1. The maximum Gasteiger partial charge on any atom is 0.228 e. The van der Waals surface area contributed by atoms with Crippen LogP contribution in [0.5, 0.6) is 5.75 Å². The van der Waals surface area contributed by atoms with E-state index in [2.05, 4.69) is 4.90 Å².